The molecule has 8 heteroatoms. The molecular formula is C24H24N4O3S. The van der Waals surface area contributed by atoms with Crippen molar-refractivity contribution in [1.29, 1.82) is 0 Å². The summed E-state index contributed by atoms with van der Waals surface area (Å²) >= 11 is 1.66. The summed E-state index contributed by atoms with van der Waals surface area (Å²) in [5.74, 6) is 1.16. The predicted octanol–water partition coefficient (Wildman–Crippen LogP) is 4.42. The molecule has 0 bridgehead atoms. The minimum Gasteiger partial charge on any atom is -0.451 e. The number of furan rings is 1. The van der Waals surface area contributed by atoms with Gasteiger partial charge >= 0.3 is 0 Å². The van der Waals surface area contributed by atoms with Gasteiger partial charge in [0.15, 0.2) is 5.76 Å². The number of aryl methyl sites for hydroxylation is 2. The minimum atomic E-state index is -0.443. The Morgan fingerprint density at radius 3 is 2.84 bits per heavy atom. The Balaban J connectivity index is 1.68. The number of carbonyl (C=O) groups excluding carboxylic acids is 1. The molecule has 3 heterocycles. The molecule has 1 aromatic carbocycles. The molecule has 4 aromatic rings. The van der Waals surface area contributed by atoms with Crippen molar-refractivity contribution in [2.45, 2.75) is 26.3 Å². The van der Waals surface area contributed by atoms with Crippen LogP contribution in [0.5, 0.6) is 0 Å². The van der Waals surface area contributed by atoms with Crippen molar-refractivity contribution >= 4 is 28.6 Å². The van der Waals surface area contributed by atoms with E-state index in [9.17, 15) is 9.59 Å². The number of amides is 1. The fraction of sp³-hybridized carbons (Fsp3) is 0.250. The Morgan fingerprint density at radius 2 is 2.09 bits per heavy atom. The zero-order valence-corrected chi connectivity index (χ0v) is 19.0. The minimum absolute atomic E-state index is 0.275. The van der Waals surface area contributed by atoms with E-state index in [1.54, 1.807) is 30.2 Å². The number of benzene rings is 1. The summed E-state index contributed by atoms with van der Waals surface area (Å²) in [4.78, 5) is 37.0. The van der Waals surface area contributed by atoms with Crippen LogP contribution in [-0.4, -0.2) is 32.9 Å². The van der Waals surface area contributed by atoms with Crippen LogP contribution in [0.25, 0.3) is 22.4 Å². The van der Waals surface area contributed by atoms with Crippen LogP contribution >= 0.6 is 11.8 Å². The lowest BCUT2D eigenvalue weighted by molar-refractivity contribution is 0.0908. The molecule has 164 valence electrons. The van der Waals surface area contributed by atoms with Gasteiger partial charge in [0.1, 0.15) is 11.4 Å². The average Bonchev–Trinajstić information content (AvgIpc) is 3.12. The Hall–Kier alpha value is -3.39. The number of H-pyrrole nitrogens is 1. The largest absolute Gasteiger partial charge is 0.451 e. The summed E-state index contributed by atoms with van der Waals surface area (Å²) in [6.07, 6.45) is 5.91. The second-order valence-electron chi connectivity index (χ2n) is 7.62. The fourth-order valence-corrected chi connectivity index (χ4v) is 4.07. The monoisotopic (exact) mass is 448 g/mol. The molecular weight excluding hydrogens is 424 g/mol. The van der Waals surface area contributed by atoms with E-state index < -0.39 is 6.04 Å². The van der Waals surface area contributed by atoms with Gasteiger partial charge in [0.2, 0.25) is 0 Å². The number of hydrogen-bond donors (Lipinski definition) is 2. The quantitative estimate of drug-likeness (QED) is 0.434. The highest BCUT2D eigenvalue weighted by molar-refractivity contribution is 7.98. The van der Waals surface area contributed by atoms with Gasteiger partial charge in [-0.25, -0.2) is 4.98 Å². The molecule has 0 saturated carbocycles. The molecule has 0 aliphatic heterocycles. The number of nitrogens with zero attached hydrogens (tertiary/aromatic N) is 2. The Labute approximate surface area is 189 Å². The highest BCUT2D eigenvalue weighted by Crippen LogP contribution is 2.27. The molecule has 4 rings (SSSR count). The predicted molar refractivity (Wildman–Crippen MR) is 127 cm³/mol. The Morgan fingerprint density at radius 1 is 1.25 bits per heavy atom. The normalized spacial score (nSPS) is 12.1. The number of fused-ring (bicyclic) bond motifs is 1. The first-order valence-electron chi connectivity index (χ1n) is 10.3. The van der Waals surface area contributed by atoms with Crippen molar-refractivity contribution in [3.63, 3.8) is 0 Å². The van der Waals surface area contributed by atoms with Crippen molar-refractivity contribution in [2.24, 2.45) is 0 Å². The first kappa shape index (κ1) is 21.8. The second-order valence-corrected chi connectivity index (χ2v) is 8.61. The molecule has 1 atom stereocenters. The number of carbonyl (C=O) groups is 1. The lowest BCUT2D eigenvalue weighted by Crippen LogP contribution is -2.31. The van der Waals surface area contributed by atoms with Crippen LogP contribution in [0.4, 0.5) is 0 Å². The lowest BCUT2D eigenvalue weighted by Gasteiger charge is -2.18. The van der Waals surface area contributed by atoms with Crippen LogP contribution in [-0.2, 0) is 0 Å². The number of aromatic nitrogens is 3. The first-order valence-corrected chi connectivity index (χ1v) is 11.7. The first-order chi connectivity index (χ1) is 15.5. The Kier molecular flexibility index (Phi) is 6.41. The summed E-state index contributed by atoms with van der Waals surface area (Å²) < 4.78 is 5.86. The molecule has 0 unspecified atom stereocenters. The van der Waals surface area contributed by atoms with E-state index in [2.05, 4.69) is 20.3 Å². The fourth-order valence-electron chi connectivity index (χ4n) is 3.60. The van der Waals surface area contributed by atoms with Gasteiger partial charge in [-0.05, 0) is 56.5 Å². The SMILES string of the molecule is CSCC[C@@H](NC(=O)c1oc2ccc(C)cc2c1C)c1cc(=O)[nH]c(-c2cccnc2)n1. The van der Waals surface area contributed by atoms with Crippen molar-refractivity contribution < 1.29 is 9.21 Å². The van der Waals surface area contributed by atoms with Gasteiger partial charge in [0, 0.05) is 35.0 Å². The second kappa shape index (κ2) is 9.40. The van der Waals surface area contributed by atoms with Gasteiger partial charge in [0.05, 0.1) is 11.7 Å². The van der Waals surface area contributed by atoms with E-state index in [-0.39, 0.29) is 17.2 Å². The van der Waals surface area contributed by atoms with Gasteiger partial charge in [0.25, 0.3) is 11.5 Å². The number of thioether (sulfide) groups is 1. The molecule has 32 heavy (non-hydrogen) atoms. The molecule has 0 saturated heterocycles. The molecule has 7 nitrogen and oxygen atoms in total. The number of aromatic amines is 1. The lowest BCUT2D eigenvalue weighted by atomic mass is 10.1. The summed E-state index contributed by atoms with van der Waals surface area (Å²) in [5, 5.41) is 3.95. The van der Waals surface area contributed by atoms with E-state index in [1.165, 1.54) is 6.07 Å². The smallest absolute Gasteiger partial charge is 0.287 e. The summed E-state index contributed by atoms with van der Waals surface area (Å²) in [6, 6.07) is 10.4. The van der Waals surface area contributed by atoms with Gasteiger partial charge in [-0.15, -0.1) is 0 Å². The van der Waals surface area contributed by atoms with E-state index in [4.69, 9.17) is 4.42 Å². The third-order valence-corrected chi connectivity index (χ3v) is 5.91. The third kappa shape index (κ3) is 4.60. The highest BCUT2D eigenvalue weighted by atomic mass is 32.2. The van der Waals surface area contributed by atoms with Crippen LogP contribution in [0.2, 0.25) is 0 Å². The van der Waals surface area contributed by atoms with E-state index in [0.717, 1.165) is 22.3 Å². The topological polar surface area (TPSA) is 101 Å². The van der Waals surface area contributed by atoms with E-state index >= 15 is 0 Å². The summed E-state index contributed by atoms with van der Waals surface area (Å²) in [5.41, 5.74) is 3.48. The maximum absolute atomic E-state index is 13.2. The zero-order valence-electron chi connectivity index (χ0n) is 18.1. The summed E-state index contributed by atoms with van der Waals surface area (Å²) in [7, 11) is 0. The molecule has 0 spiro atoms. The molecule has 0 radical (unpaired) electrons. The maximum Gasteiger partial charge on any atom is 0.287 e. The number of rotatable bonds is 7. The third-order valence-electron chi connectivity index (χ3n) is 5.27. The number of pyridine rings is 1. The molecule has 0 aliphatic rings. The molecule has 1 amide bonds. The van der Waals surface area contributed by atoms with Gasteiger partial charge in [-0.2, -0.15) is 11.8 Å². The highest BCUT2D eigenvalue weighted by Gasteiger charge is 2.23. The van der Waals surface area contributed by atoms with E-state index in [0.29, 0.717) is 29.1 Å². The van der Waals surface area contributed by atoms with Gasteiger partial charge in [-0.3, -0.25) is 14.6 Å². The standard InChI is InChI=1S/C24H24N4O3S/c1-14-6-7-20-17(11-14)15(2)22(31-20)24(30)27-18(8-10-32-3)19-12-21(29)28-23(26-19)16-5-4-9-25-13-16/h4-7,9,11-13,18H,8,10H2,1-3H3,(H,27,30)(H,26,28,29)/t18-/m1/s1. The average molecular weight is 449 g/mol. The maximum atomic E-state index is 13.2. The number of hydrogen-bond acceptors (Lipinski definition) is 6. The Bertz CT molecular complexity index is 1310. The number of nitrogens with one attached hydrogen (secondary N) is 2. The van der Waals surface area contributed by atoms with Crippen LogP contribution in [0.3, 0.4) is 0 Å². The van der Waals surface area contributed by atoms with Crippen molar-refractivity contribution in [3.8, 4) is 11.4 Å². The summed E-state index contributed by atoms with van der Waals surface area (Å²) in [6.45, 7) is 3.88. The van der Waals surface area contributed by atoms with Crippen LogP contribution in [0.1, 0.15) is 39.8 Å². The van der Waals surface area contributed by atoms with Crippen LogP contribution in [0, 0.1) is 13.8 Å². The van der Waals surface area contributed by atoms with E-state index in [1.807, 2.05) is 44.4 Å². The molecule has 0 aliphatic carbocycles. The van der Waals surface area contributed by atoms with Crippen molar-refractivity contribution in [3.05, 3.63) is 81.7 Å². The van der Waals surface area contributed by atoms with Crippen molar-refractivity contribution in [2.75, 3.05) is 12.0 Å². The zero-order chi connectivity index (χ0) is 22.7. The molecule has 2 N–H and O–H groups in total. The molecule has 3 aromatic heterocycles. The van der Waals surface area contributed by atoms with Crippen LogP contribution < -0.4 is 10.9 Å². The van der Waals surface area contributed by atoms with Crippen molar-refractivity contribution in [1.82, 2.24) is 20.3 Å². The van der Waals surface area contributed by atoms with Gasteiger partial charge in [-0.1, -0.05) is 11.6 Å². The van der Waals surface area contributed by atoms with Crippen LogP contribution in [0.15, 0.2) is 58.0 Å². The van der Waals surface area contributed by atoms with Gasteiger partial charge < -0.3 is 14.7 Å². The molecule has 0 fully saturated rings.